The third kappa shape index (κ3) is 2.99. The molecule has 4 nitrogen and oxygen atoms in total. The molecule has 3 aromatic carbocycles. The Hall–Kier alpha value is -3.14. The molecule has 3 rings (SSSR count). The van der Waals surface area contributed by atoms with Gasteiger partial charge in [-0.1, -0.05) is 48.5 Å². The number of carbonyl (C=O) groups excluding carboxylic acids is 2. The third-order valence-corrected chi connectivity index (χ3v) is 3.89. The van der Waals surface area contributed by atoms with Crippen molar-refractivity contribution in [2.75, 3.05) is 12.4 Å². The second kappa shape index (κ2) is 6.54. The largest absolute Gasteiger partial charge is 0.355 e. The van der Waals surface area contributed by atoms with Gasteiger partial charge in [-0.3, -0.25) is 9.59 Å². The second-order valence-corrected chi connectivity index (χ2v) is 5.55. The van der Waals surface area contributed by atoms with Crippen LogP contribution in [-0.2, 0) is 4.79 Å². The van der Waals surface area contributed by atoms with Gasteiger partial charge in [-0.2, -0.15) is 0 Å². The first-order valence-corrected chi connectivity index (χ1v) is 7.72. The predicted molar refractivity (Wildman–Crippen MR) is 97.1 cm³/mol. The minimum absolute atomic E-state index is 0.130. The fourth-order valence-corrected chi connectivity index (χ4v) is 2.80. The first-order valence-electron chi connectivity index (χ1n) is 7.72. The van der Waals surface area contributed by atoms with Crippen molar-refractivity contribution in [1.82, 2.24) is 5.32 Å². The first kappa shape index (κ1) is 15.7. The summed E-state index contributed by atoms with van der Waals surface area (Å²) < 4.78 is 0. The molecule has 0 unspecified atom stereocenters. The van der Waals surface area contributed by atoms with E-state index in [0.717, 1.165) is 27.6 Å². The molecule has 0 saturated heterocycles. The molecule has 0 spiro atoms. The maximum atomic E-state index is 11.9. The summed E-state index contributed by atoms with van der Waals surface area (Å²) in [5, 5.41) is 7.58. The van der Waals surface area contributed by atoms with Crippen molar-refractivity contribution >= 4 is 28.3 Å². The predicted octanol–water partition coefficient (Wildman–Crippen LogP) is 3.82. The standard InChI is InChI=1S/C20H18N2O2/c1-13(23)22-19-17-9-4-3-6-14(17)10-11-18(19)15-7-5-8-16(12-15)20(24)21-2/h3-12H,1-2H3,(H,21,24)(H,22,23). The van der Waals surface area contributed by atoms with Crippen LogP contribution in [0.25, 0.3) is 21.9 Å². The molecule has 24 heavy (non-hydrogen) atoms. The molecule has 0 fully saturated rings. The summed E-state index contributed by atoms with van der Waals surface area (Å²) in [5.74, 6) is -0.270. The van der Waals surface area contributed by atoms with Crippen LogP contribution in [0, 0.1) is 0 Å². The highest BCUT2D eigenvalue weighted by Gasteiger charge is 2.12. The van der Waals surface area contributed by atoms with Gasteiger partial charge < -0.3 is 10.6 Å². The Balaban J connectivity index is 2.22. The molecular weight excluding hydrogens is 300 g/mol. The molecule has 2 amide bonds. The van der Waals surface area contributed by atoms with E-state index in [4.69, 9.17) is 0 Å². The van der Waals surface area contributed by atoms with E-state index < -0.39 is 0 Å². The van der Waals surface area contributed by atoms with E-state index in [1.165, 1.54) is 6.92 Å². The molecule has 120 valence electrons. The molecule has 0 aliphatic carbocycles. The summed E-state index contributed by atoms with van der Waals surface area (Å²) in [6.07, 6.45) is 0. The Morgan fingerprint density at radius 1 is 0.917 bits per heavy atom. The Morgan fingerprint density at radius 2 is 1.71 bits per heavy atom. The van der Waals surface area contributed by atoms with Crippen LogP contribution in [0.2, 0.25) is 0 Å². The highest BCUT2D eigenvalue weighted by molar-refractivity contribution is 6.08. The van der Waals surface area contributed by atoms with Crippen LogP contribution in [0.4, 0.5) is 5.69 Å². The fourth-order valence-electron chi connectivity index (χ4n) is 2.80. The highest BCUT2D eigenvalue weighted by atomic mass is 16.2. The molecule has 0 radical (unpaired) electrons. The van der Waals surface area contributed by atoms with E-state index in [1.807, 2.05) is 54.6 Å². The van der Waals surface area contributed by atoms with Crippen LogP contribution in [-0.4, -0.2) is 18.9 Å². The maximum Gasteiger partial charge on any atom is 0.251 e. The van der Waals surface area contributed by atoms with Crippen LogP contribution in [0.1, 0.15) is 17.3 Å². The van der Waals surface area contributed by atoms with E-state index in [0.29, 0.717) is 5.56 Å². The summed E-state index contributed by atoms with van der Waals surface area (Å²) in [7, 11) is 1.60. The van der Waals surface area contributed by atoms with Crippen molar-refractivity contribution in [3.8, 4) is 11.1 Å². The SMILES string of the molecule is CNC(=O)c1cccc(-c2ccc3ccccc3c2NC(C)=O)c1. The lowest BCUT2D eigenvalue weighted by Gasteiger charge is -2.14. The molecule has 0 aromatic heterocycles. The number of nitrogens with one attached hydrogen (secondary N) is 2. The molecule has 0 bridgehead atoms. The topological polar surface area (TPSA) is 58.2 Å². The van der Waals surface area contributed by atoms with E-state index >= 15 is 0 Å². The van der Waals surface area contributed by atoms with E-state index in [1.54, 1.807) is 13.1 Å². The summed E-state index contributed by atoms with van der Waals surface area (Å²) in [6.45, 7) is 1.49. The smallest absolute Gasteiger partial charge is 0.251 e. The molecule has 0 heterocycles. The molecule has 0 saturated carbocycles. The number of hydrogen-bond acceptors (Lipinski definition) is 2. The van der Waals surface area contributed by atoms with Crippen LogP contribution < -0.4 is 10.6 Å². The number of fused-ring (bicyclic) bond motifs is 1. The molecular formula is C20H18N2O2. The quantitative estimate of drug-likeness (QED) is 0.771. The zero-order valence-corrected chi connectivity index (χ0v) is 13.6. The Morgan fingerprint density at radius 3 is 2.46 bits per heavy atom. The van der Waals surface area contributed by atoms with Gasteiger partial charge in [0.05, 0.1) is 5.69 Å². The van der Waals surface area contributed by atoms with E-state index in [9.17, 15) is 9.59 Å². The number of amides is 2. The van der Waals surface area contributed by atoms with Crippen molar-refractivity contribution < 1.29 is 9.59 Å². The van der Waals surface area contributed by atoms with Crippen LogP contribution >= 0.6 is 0 Å². The van der Waals surface area contributed by atoms with Gasteiger partial charge in [0.1, 0.15) is 0 Å². The summed E-state index contributed by atoms with van der Waals surface area (Å²) in [4.78, 5) is 23.6. The Bertz CT molecular complexity index is 932. The number of benzene rings is 3. The lowest BCUT2D eigenvalue weighted by Crippen LogP contribution is -2.17. The summed E-state index contributed by atoms with van der Waals surface area (Å²) in [5.41, 5.74) is 3.10. The van der Waals surface area contributed by atoms with Gasteiger partial charge in [0.15, 0.2) is 0 Å². The average molecular weight is 318 g/mol. The zero-order valence-electron chi connectivity index (χ0n) is 13.6. The van der Waals surface area contributed by atoms with Gasteiger partial charge >= 0.3 is 0 Å². The van der Waals surface area contributed by atoms with Gasteiger partial charge in [-0.15, -0.1) is 0 Å². The van der Waals surface area contributed by atoms with Gasteiger partial charge in [0.25, 0.3) is 5.91 Å². The number of carbonyl (C=O) groups is 2. The first-order chi connectivity index (χ1) is 11.6. The van der Waals surface area contributed by atoms with E-state index in [-0.39, 0.29) is 11.8 Å². The Labute approximate surface area is 140 Å². The molecule has 4 heteroatoms. The van der Waals surface area contributed by atoms with Crippen LogP contribution in [0.3, 0.4) is 0 Å². The van der Waals surface area contributed by atoms with Crippen molar-refractivity contribution in [1.29, 1.82) is 0 Å². The van der Waals surface area contributed by atoms with Crippen LogP contribution in [0.5, 0.6) is 0 Å². The second-order valence-electron chi connectivity index (χ2n) is 5.55. The maximum absolute atomic E-state index is 11.9. The molecule has 2 N–H and O–H groups in total. The lowest BCUT2D eigenvalue weighted by molar-refractivity contribution is -0.114. The summed E-state index contributed by atoms with van der Waals surface area (Å²) in [6, 6.07) is 19.2. The van der Waals surface area contributed by atoms with Crippen LogP contribution in [0.15, 0.2) is 60.7 Å². The molecule has 3 aromatic rings. The summed E-state index contributed by atoms with van der Waals surface area (Å²) >= 11 is 0. The zero-order chi connectivity index (χ0) is 17.1. The number of anilines is 1. The van der Waals surface area contributed by atoms with Crippen molar-refractivity contribution in [2.24, 2.45) is 0 Å². The van der Waals surface area contributed by atoms with Gasteiger partial charge in [-0.05, 0) is 23.1 Å². The molecule has 0 aliphatic rings. The highest BCUT2D eigenvalue weighted by Crippen LogP contribution is 2.35. The van der Waals surface area contributed by atoms with Crippen molar-refractivity contribution in [2.45, 2.75) is 6.92 Å². The molecule has 0 aliphatic heterocycles. The van der Waals surface area contributed by atoms with Crippen molar-refractivity contribution in [3.05, 3.63) is 66.2 Å². The van der Waals surface area contributed by atoms with Gasteiger partial charge in [-0.25, -0.2) is 0 Å². The average Bonchev–Trinajstić information content (AvgIpc) is 2.61. The lowest BCUT2D eigenvalue weighted by atomic mass is 9.97. The fraction of sp³-hybridized carbons (Fsp3) is 0.100. The third-order valence-electron chi connectivity index (χ3n) is 3.89. The Kier molecular flexibility index (Phi) is 4.29. The number of rotatable bonds is 3. The van der Waals surface area contributed by atoms with Gasteiger partial charge in [0.2, 0.25) is 5.91 Å². The van der Waals surface area contributed by atoms with Crippen molar-refractivity contribution in [3.63, 3.8) is 0 Å². The molecule has 0 atom stereocenters. The minimum Gasteiger partial charge on any atom is -0.355 e. The monoisotopic (exact) mass is 318 g/mol. The number of hydrogen-bond donors (Lipinski definition) is 2. The van der Waals surface area contributed by atoms with E-state index in [2.05, 4.69) is 10.6 Å². The minimum atomic E-state index is -0.140. The van der Waals surface area contributed by atoms with Gasteiger partial charge in [0, 0.05) is 30.5 Å². The normalized spacial score (nSPS) is 10.4.